The minimum atomic E-state index is -0.878. The molecule has 0 saturated heterocycles. The maximum absolute atomic E-state index is 11.5. The topological polar surface area (TPSA) is 129 Å². The fourth-order valence-corrected chi connectivity index (χ4v) is 5.71. The van der Waals surface area contributed by atoms with Crippen molar-refractivity contribution in [2.75, 3.05) is 0 Å². The number of nitrogens with zero attached hydrogens (tertiary/aromatic N) is 4. The van der Waals surface area contributed by atoms with Gasteiger partial charge in [0.05, 0.1) is 11.4 Å². The van der Waals surface area contributed by atoms with E-state index in [4.69, 9.17) is 19.9 Å². The molecule has 0 radical (unpaired) electrons. The summed E-state index contributed by atoms with van der Waals surface area (Å²) >= 11 is 0. The summed E-state index contributed by atoms with van der Waals surface area (Å²) in [4.78, 5) is 43.0. The van der Waals surface area contributed by atoms with Crippen LogP contribution in [0.4, 0.5) is 0 Å². The van der Waals surface area contributed by atoms with E-state index in [2.05, 4.69) is 40.7 Å². The number of fused-ring (bicyclic) bond motifs is 8. The molecule has 0 fully saturated rings. The molecule has 0 aliphatic carbocycles. The van der Waals surface area contributed by atoms with E-state index in [-0.39, 0.29) is 41.2 Å². The number of aryl methyl sites for hydroxylation is 4. The third-order valence-corrected chi connectivity index (χ3v) is 9.06. The Morgan fingerprint density at radius 3 is 1.98 bits per heavy atom. The summed E-state index contributed by atoms with van der Waals surface area (Å²) in [7, 11) is 0. The summed E-state index contributed by atoms with van der Waals surface area (Å²) in [6.07, 6.45) is 0.601. The third kappa shape index (κ3) is 5.55. The zero-order valence-corrected chi connectivity index (χ0v) is 26.2. The number of aromatic nitrogens is 4. The molecule has 0 aromatic carbocycles. The summed E-state index contributed by atoms with van der Waals surface area (Å²) in [5.74, 6) is -1.60. The van der Waals surface area contributed by atoms with Crippen molar-refractivity contribution in [2.24, 2.45) is 0 Å². The van der Waals surface area contributed by atoms with E-state index in [9.17, 15) is 19.8 Å². The Morgan fingerprint density at radius 1 is 0.786 bits per heavy atom. The van der Waals surface area contributed by atoms with E-state index in [1.807, 2.05) is 32.0 Å². The minimum Gasteiger partial charge on any atom is -0.657 e. The van der Waals surface area contributed by atoms with Crippen LogP contribution in [-0.4, -0.2) is 32.1 Å². The van der Waals surface area contributed by atoms with Gasteiger partial charge in [0.15, 0.2) is 0 Å². The van der Waals surface area contributed by atoms with Gasteiger partial charge in [-0.05, 0) is 51.7 Å². The van der Waals surface area contributed by atoms with Crippen LogP contribution in [0.15, 0.2) is 24.3 Å². The Labute approximate surface area is 256 Å². The molecule has 0 amide bonds. The monoisotopic (exact) mass is 608 g/mol. The van der Waals surface area contributed by atoms with Crippen molar-refractivity contribution in [2.45, 2.75) is 85.5 Å². The van der Waals surface area contributed by atoms with Crippen LogP contribution in [0.5, 0.6) is 0 Å². The molecule has 1 atom stereocenters. The molecular weight excluding hydrogens is 572 g/mol. The Balaban J connectivity index is 0.00000405. The molecule has 9 heteroatoms. The molecule has 2 aliphatic rings. The Morgan fingerprint density at radius 2 is 1.33 bits per heavy atom. The van der Waals surface area contributed by atoms with Gasteiger partial charge >= 0.3 is 11.9 Å². The van der Waals surface area contributed by atoms with Crippen molar-refractivity contribution >= 4 is 45.2 Å². The number of aliphatic carboxylic acids is 2. The van der Waals surface area contributed by atoms with Gasteiger partial charge in [-0.1, -0.05) is 67.3 Å². The molecule has 3 aromatic rings. The zero-order chi connectivity index (χ0) is 29.8. The van der Waals surface area contributed by atoms with E-state index in [1.54, 1.807) is 0 Å². The molecule has 3 aromatic heterocycles. The molecule has 8 nitrogen and oxygen atoms in total. The fraction of sp³-hybridized carbons (Fsp3) is 0.394. The molecule has 42 heavy (non-hydrogen) atoms. The molecule has 2 N–H and O–H groups in total. The summed E-state index contributed by atoms with van der Waals surface area (Å²) < 4.78 is 0. The number of carboxylic acids is 2. The van der Waals surface area contributed by atoms with Crippen molar-refractivity contribution in [1.82, 2.24) is 19.9 Å². The van der Waals surface area contributed by atoms with E-state index < -0.39 is 11.9 Å². The van der Waals surface area contributed by atoms with E-state index in [0.29, 0.717) is 24.1 Å². The van der Waals surface area contributed by atoms with Crippen LogP contribution in [-0.2, 0) is 38.5 Å². The second-order valence-corrected chi connectivity index (χ2v) is 11.8. The number of rotatable bonds is 6. The number of carbonyl (C=O) groups is 2. The first kappa shape index (κ1) is 31.3. The van der Waals surface area contributed by atoms with Crippen molar-refractivity contribution in [1.29, 1.82) is 0 Å². The second-order valence-electron chi connectivity index (χ2n) is 11.8. The van der Waals surface area contributed by atoms with Gasteiger partial charge in [-0.3, -0.25) is 14.6 Å². The molecule has 8 bridgehead atoms. The zero-order valence-electron chi connectivity index (χ0n) is 25.1. The van der Waals surface area contributed by atoms with Gasteiger partial charge in [-0.25, -0.2) is 4.98 Å². The van der Waals surface area contributed by atoms with Crippen LogP contribution < -0.4 is 9.97 Å². The second kappa shape index (κ2) is 11.5. The third-order valence-electron chi connectivity index (χ3n) is 9.06. The quantitative estimate of drug-likeness (QED) is 0.308. The largest absolute Gasteiger partial charge is 0.657 e. The Hall–Kier alpha value is -3.68. The van der Waals surface area contributed by atoms with E-state index >= 15 is 0 Å². The summed E-state index contributed by atoms with van der Waals surface area (Å²) in [6, 6.07) is 7.96. The van der Waals surface area contributed by atoms with Gasteiger partial charge in [0.2, 0.25) is 0 Å². The summed E-state index contributed by atoms with van der Waals surface area (Å²) in [6.45, 7) is 14.6. The Bertz CT molecular complexity index is 1790. The van der Waals surface area contributed by atoms with Crippen molar-refractivity contribution in [3.8, 4) is 0 Å². The predicted molar refractivity (Wildman–Crippen MR) is 160 cm³/mol. The van der Waals surface area contributed by atoms with Gasteiger partial charge in [0, 0.05) is 52.6 Å². The number of carboxylic acid groups (broad SMARTS) is 2. The normalized spacial score (nSPS) is 15.9. The Kier molecular flexibility index (Phi) is 8.59. The van der Waals surface area contributed by atoms with Crippen LogP contribution in [0.2, 0.25) is 0 Å². The van der Waals surface area contributed by atoms with Crippen LogP contribution in [0.3, 0.4) is 0 Å². The number of hydrogen-bond donors (Lipinski definition) is 2. The average Bonchev–Trinajstić information content (AvgIpc) is 3.51. The molecule has 5 heterocycles. The molecule has 0 saturated carbocycles. The predicted octanol–water partition coefficient (Wildman–Crippen LogP) is 6.39. The molecular formula is C33H36FeN4O4-2. The molecule has 0 spiro atoms. The molecule has 1 unspecified atom stereocenters. The SMILES string of the molecule is CC1=C(CCC(=O)O)c2cc3[n-]c(cc4nc(cc5[n-]c(cc1n2)c(C)c5C)C(C)C4(C)C)c(C)c3CCC(=O)O.[Fe]. The average molecular weight is 609 g/mol. The number of allylic oxidation sites excluding steroid dienone is 2. The number of hydrogen-bond acceptors (Lipinski definition) is 4. The van der Waals surface area contributed by atoms with Gasteiger partial charge in [-0.2, -0.15) is 0 Å². The van der Waals surface area contributed by atoms with Crippen molar-refractivity contribution in [3.05, 3.63) is 69.3 Å². The van der Waals surface area contributed by atoms with Gasteiger partial charge < -0.3 is 20.2 Å². The fourth-order valence-electron chi connectivity index (χ4n) is 5.71. The maximum Gasteiger partial charge on any atom is 0.303 e. The molecule has 5 rings (SSSR count). The van der Waals surface area contributed by atoms with Crippen molar-refractivity contribution in [3.63, 3.8) is 0 Å². The smallest absolute Gasteiger partial charge is 0.303 e. The van der Waals surface area contributed by atoms with Gasteiger partial charge in [-0.15, -0.1) is 22.1 Å². The summed E-state index contributed by atoms with van der Waals surface area (Å²) in [5, 5.41) is 18.9. The summed E-state index contributed by atoms with van der Waals surface area (Å²) in [5.41, 5.74) is 11.8. The van der Waals surface area contributed by atoms with Gasteiger partial charge in [0.1, 0.15) is 0 Å². The van der Waals surface area contributed by atoms with E-state index in [0.717, 1.165) is 67.0 Å². The standard InChI is InChI=1S/C33H38N4O4.Fe/c1-16-17(2)24-13-27-20(5)33(6,7)30(37-27)15-26-19(4)22(9-11-32(40)41)29(36-26)14-28-21(8-10-31(38)39)18(3)25(35-28)12-23(16)34-24;/h12-15,20H,8-11H2,1-7H3,(H4,34,35,36,37,38,39,40,41);/p-2. The molecule has 2 aliphatic heterocycles. The van der Waals surface area contributed by atoms with Crippen LogP contribution >= 0.6 is 0 Å². The van der Waals surface area contributed by atoms with Crippen molar-refractivity contribution < 1.29 is 36.9 Å². The first-order valence-electron chi connectivity index (χ1n) is 14.0. The first-order chi connectivity index (χ1) is 19.3. The van der Waals surface area contributed by atoms with Crippen LogP contribution in [0.25, 0.3) is 33.2 Å². The molecule has 222 valence electrons. The first-order valence-corrected chi connectivity index (χ1v) is 14.0. The van der Waals surface area contributed by atoms with Crippen LogP contribution in [0, 0.1) is 20.8 Å². The maximum atomic E-state index is 11.5. The minimum absolute atomic E-state index is 0. The van der Waals surface area contributed by atoms with Crippen LogP contribution in [0.1, 0.15) is 97.9 Å². The van der Waals surface area contributed by atoms with Gasteiger partial charge in [0.25, 0.3) is 0 Å². The van der Waals surface area contributed by atoms with E-state index in [1.165, 1.54) is 0 Å².